The van der Waals surface area contributed by atoms with E-state index >= 15 is 0 Å². The molecule has 12 heavy (non-hydrogen) atoms. The monoisotopic (exact) mass is 173 g/mol. The Hall–Kier alpha value is -0.570. The van der Waals surface area contributed by atoms with E-state index in [0.717, 1.165) is 6.42 Å². The van der Waals surface area contributed by atoms with Crippen molar-refractivity contribution in [2.24, 2.45) is 5.92 Å². The maximum absolute atomic E-state index is 11.1. The van der Waals surface area contributed by atoms with Gasteiger partial charge < -0.3 is 4.74 Å². The molecule has 0 amide bonds. The van der Waals surface area contributed by atoms with Crippen molar-refractivity contribution >= 4 is 5.97 Å². The topological polar surface area (TPSA) is 38.3 Å². The minimum Gasteiger partial charge on any atom is -0.450 e. The van der Waals surface area contributed by atoms with Crippen molar-refractivity contribution in [3.8, 4) is 0 Å². The van der Waals surface area contributed by atoms with Crippen LogP contribution in [0, 0.1) is 5.92 Å². The molecule has 0 aromatic heterocycles. The summed E-state index contributed by atoms with van der Waals surface area (Å²) in [6.45, 7) is 8.19. The smallest absolute Gasteiger partial charge is 0.309 e. The first-order valence-electron chi connectivity index (χ1n) is 4.48. The average Bonchev–Trinajstić information content (AvgIpc) is 2.02. The normalized spacial score (nSPS) is 13.1. The number of carbonyl (C=O) groups excluding carboxylic acids is 1. The van der Waals surface area contributed by atoms with Crippen molar-refractivity contribution in [3.63, 3.8) is 0 Å². The van der Waals surface area contributed by atoms with E-state index < -0.39 is 0 Å². The SMILES string of the molecule is CCC(C)C(=O)OCNC(C)C. The summed E-state index contributed by atoms with van der Waals surface area (Å²) in [4.78, 5) is 11.1. The second kappa shape index (κ2) is 6.00. The van der Waals surface area contributed by atoms with Crippen molar-refractivity contribution in [1.29, 1.82) is 0 Å². The molecule has 1 N–H and O–H groups in total. The fraction of sp³-hybridized carbons (Fsp3) is 0.889. The van der Waals surface area contributed by atoms with Crippen LogP contribution >= 0.6 is 0 Å². The summed E-state index contributed by atoms with van der Waals surface area (Å²) in [5, 5.41) is 3.01. The van der Waals surface area contributed by atoms with Crippen molar-refractivity contribution < 1.29 is 9.53 Å². The van der Waals surface area contributed by atoms with Gasteiger partial charge in [0, 0.05) is 6.04 Å². The summed E-state index contributed by atoms with van der Waals surface area (Å²) >= 11 is 0. The van der Waals surface area contributed by atoms with E-state index in [2.05, 4.69) is 5.32 Å². The maximum atomic E-state index is 11.1. The van der Waals surface area contributed by atoms with Crippen LogP contribution in [0.4, 0.5) is 0 Å². The minimum atomic E-state index is -0.120. The van der Waals surface area contributed by atoms with Crippen LogP contribution in [0.1, 0.15) is 34.1 Å². The molecule has 0 aliphatic rings. The predicted octanol–water partition coefficient (Wildman–Crippen LogP) is 1.53. The van der Waals surface area contributed by atoms with Crippen molar-refractivity contribution in [1.82, 2.24) is 5.32 Å². The molecule has 0 saturated heterocycles. The highest BCUT2D eigenvalue weighted by atomic mass is 16.5. The van der Waals surface area contributed by atoms with Crippen LogP contribution in [-0.4, -0.2) is 18.7 Å². The van der Waals surface area contributed by atoms with Crippen LogP contribution in [-0.2, 0) is 9.53 Å². The van der Waals surface area contributed by atoms with E-state index in [9.17, 15) is 4.79 Å². The first-order chi connectivity index (χ1) is 5.57. The Kier molecular flexibility index (Phi) is 5.72. The molecule has 1 unspecified atom stereocenters. The number of carbonyl (C=O) groups is 1. The summed E-state index contributed by atoms with van der Waals surface area (Å²) in [6, 6.07) is 0.356. The molecular formula is C9H19NO2. The van der Waals surface area contributed by atoms with Crippen LogP contribution in [0.25, 0.3) is 0 Å². The van der Waals surface area contributed by atoms with Crippen LogP contribution in [0.2, 0.25) is 0 Å². The van der Waals surface area contributed by atoms with Gasteiger partial charge in [-0.05, 0) is 20.3 Å². The second-order valence-corrected chi connectivity index (χ2v) is 3.28. The highest BCUT2D eigenvalue weighted by molar-refractivity contribution is 5.71. The van der Waals surface area contributed by atoms with Gasteiger partial charge in [0.25, 0.3) is 0 Å². The molecule has 3 heteroatoms. The van der Waals surface area contributed by atoms with Crippen molar-refractivity contribution in [2.75, 3.05) is 6.73 Å². The van der Waals surface area contributed by atoms with Gasteiger partial charge in [-0.2, -0.15) is 0 Å². The first kappa shape index (κ1) is 11.4. The quantitative estimate of drug-likeness (QED) is 0.506. The lowest BCUT2D eigenvalue weighted by atomic mass is 10.1. The summed E-state index contributed by atoms with van der Waals surface area (Å²) in [6.07, 6.45) is 0.834. The third-order valence-electron chi connectivity index (χ3n) is 1.72. The number of ether oxygens (including phenoxy) is 1. The standard InChI is InChI=1S/C9H19NO2/c1-5-8(4)9(11)12-6-10-7(2)3/h7-8,10H,5-6H2,1-4H3. The number of nitrogens with one attached hydrogen (secondary N) is 1. The molecule has 3 nitrogen and oxygen atoms in total. The summed E-state index contributed by atoms with van der Waals surface area (Å²) in [5.41, 5.74) is 0. The maximum Gasteiger partial charge on any atom is 0.309 e. The van der Waals surface area contributed by atoms with Crippen LogP contribution in [0.15, 0.2) is 0 Å². The Labute approximate surface area is 74.5 Å². The molecule has 0 rings (SSSR count). The fourth-order valence-corrected chi connectivity index (χ4v) is 0.588. The Morgan fingerprint density at radius 2 is 2.00 bits per heavy atom. The van der Waals surface area contributed by atoms with Gasteiger partial charge >= 0.3 is 5.97 Å². The number of hydrogen-bond acceptors (Lipinski definition) is 3. The van der Waals surface area contributed by atoms with Gasteiger partial charge in [-0.3, -0.25) is 10.1 Å². The van der Waals surface area contributed by atoms with E-state index in [1.807, 2.05) is 27.7 Å². The van der Waals surface area contributed by atoms with Crippen molar-refractivity contribution in [3.05, 3.63) is 0 Å². The molecule has 0 aromatic rings. The fourth-order valence-electron chi connectivity index (χ4n) is 0.588. The highest BCUT2D eigenvalue weighted by Crippen LogP contribution is 2.02. The average molecular weight is 173 g/mol. The van der Waals surface area contributed by atoms with E-state index in [0.29, 0.717) is 12.8 Å². The lowest BCUT2D eigenvalue weighted by Gasteiger charge is -2.11. The van der Waals surface area contributed by atoms with Gasteiger partial charge in [0.2, 0.25) is 0 Å². The van der Waals surface area contributed by atoms with E-state index in [4.69, 9.17) is 4.74 Å². The lowest BCUT2D eigenvalue weighted by molar-refractivity contribution is -0.148. The molecule has 0 heterocycles. The molecule has 0 fully saturated rings. The largest absolute Gasteiger partial charge is 0.450 e. The van der Waals surface area contributed by atoms with Gasteiger partial charge in [-0.15, -0.1) is 0 Å². The molecule has 0 aliphatic carbocycles. The summed E-state index contributed by atoms with van der Waals surface area (Å²) in [5.74, 6) is -0.107. The van der Waals surface area contributed by atoms with Gasteiger partial charge in [0.1, 0.15) is 6.73 Å². The molecule has 0 bridgehead atoms. The predicted molar refractivity (Wildman–Crippen MR) is 48.7 cm³/mol. The van der Waals surface area contributed by atoms with E-state index in [1.54, 1.807) is 0 Å². The Morgan fingerprint density at radius 3 is 2.42 bits per heavy atom. The van der Waals surface area contributed by atoms with E-state index in [-0.39, 0.29) is 11.9 Å². The third-order valence-corrected chi connectivity index (χ3v) is 1.72. The zero-order valence-corrected chi connectivity index (χ0v) is 8.39. The lowest BCUT2D eigenvalue weighted by Crippen LogP contribution is -2.28. The molecule has 1 atom stereocenters. The van der Waals surface area contributed by atoms with Gasteiger partial charge in [-0.25, -0.2) is 0 Å². The van der Waals surface area contributed by atoms with Crippen LogP contribution in [0.5, 0.6) is 0 Å². The Bertz CT molecular complexity index is 134. The van der Waals surface area contributed by atoms with Gasteiger partial charge in [-0.1, -0.05) is 13.8 Å². The molecule has 0 saturated carbocycles. The van der Waals surface area contributed by atoms with Crippen LogP contribution < -0.4 is 5.32 Å². The molecule has 0 spiro atoms. The number of esters is 1. The summed E-state index contributed by atoms with van der Waals surface area (Å²) in [7, 11) is 0. The van der Waals surface area contributed by atoms with E-state index in [1.165, 1.54) is 0 Å². The zero-order valence-electron chi connectivity index (χ0n) is 8.39. The highest BCUT2D eigenvalue weighted by Gasteiger charge is 2.10. The third kappa shape index (κ3) is 5.13. The molecule has 0 aliphatic heterocycles. The molecule has 0 radical (unpaired) electrons. The Morgan fingerprint density at radius 1 is 1.42 bits per heavy atom. The first-order valence-corrected chi connectivity index (χ1v) is 4.48. The Balaban J connectivity index is 3.44. The number of hydrogen-bond donors (Lipinski definition) is 1. The molecule has 0 aromatic carbocycles. The van der Waals surface area contributed by atoms with Gasteiger partial charge in [0.05, 0.1) is 5.92 Å². The summed E-state index contributed by atoms with van der Waals surface area (Å²) < 4.78 is 4.96. The molecule has 72 valence electrons. The minimum absolute atomic E-state index is 0.0129. The zero-order chi connectivity index (χ0) is 9.56. The number of rotatable bonds is 5. The van der Waals surface area contributed by atoms with Crippen molar-refractivity contribution in [2.45, 2.75) is 40.2 Å². The van der Waals surface area contributed by atoms with Gasteiger partial charge in [0.15, 0.2) is 0 Å². The second-order valence-electron chi connectivity index (χ2n) is 3.28. The van der Waals surface area contributed by atoms with Crippen LogP contribution in [0.3, 0.4) is 0 Å². The molecular weight excluding hydrogens is 154 g/mol.